The van der Waals surface area contributed by atoms with Gasteiger partial charge in [0.25, 0.3) is 0 Å². The van der Waals surface area contributed by atoms with Gasteiger partial charge in [-0.15, -0.1) is 0 Å². The van der Waals surface area contributed by atoms with Crippen molar-refractivity contribution >= 4 is 0 Å². The highest BCUT2D eigenvalue weighted by molar-refractivity contribution is 5.46. The zero-order valence-corrected chi connectivity index (χ0v) is 10.9. The van der Waals surface area contributed by atoms with Crippen molar-refractivity contribution < 1.29 is 23.0 Å². The lowest BCUT2D eigenvalue weighted by Gasteiger charge is -2.40. The second kappa shape index (κ2) is 2.89. The van der Waals surface area contributed by atoms with Crippen LogP contribution in [-0.4, -0.2) is 29.6 Å². The first-order valence-corrected chi connectivity index (χ1v) is 6.75. The minimum atomic E-state index is -4.29. The van der Waals surface area contributed by atoms with E-state index in [1.807, 2.05) is 6.08 Å². The molecule has 5 heteroatoms. The Morgan fingerprint density at radius 1 is 1.37 bits per heavy atom. The largest absolute Gasteiger partial charge is 0.392 e. The Bertz CT molecular complexity index is 484. The molecule has 7 atom stereocenters. The third kappa shape index (κ3) is 1.00. The van der Waals surface area contributed by atoms with Crippen LogP contribution in [0.1, 0.15) is 19.8 Å². The second-order valence-electron chi connectivity index (χ2n) is 6.87. The van der Waals surface area contributed by atoms with Crippen LogP contribution in [-0.2, 0) is 4.74 Å². The lowest BCUT2D eigenvalue weighted by molar-refractivity contribution is -0.213. The van der Waals surface area contributed by atoms with Crippen LogP contribution in [0.15, 0.2) is 12.2 Å². The highest BCUT2D eigenvalue weighted by atomic mass is 19.4. The first kappa shape index (κ1) is 12.2. The van der Waals surface area contributed by atoms with Crippen LogP contribution in [0.3, 0.4) is 0 Å². The number of ether oxygens (including phenoxy) is 1. The predicted molar refractivity (Wildman–Crippen MR) is 61.2 cm³/mol. The third-order valence-electron chi connectivity index (χ3n) is 6.37. The van der Waals surface area contributed by atoms with E-state index in [2.05, 4.69) is 0 Å². The van der Waals surface area contributed by atoms with Gasteiger partial charge in [0.2, 0.25) is 0 Å². The summed E-state index contributed by atoms with van der Waals surface area (Å²) in [7, 11) is 1.52. The van der Waals surface area contributed by atoms with Gasteiger partial charge in [0.15, 0.2) is 0 Å². The van der Waals surface area contributed by atoms with Gasteiger partial charge < -0.3 is 9.84 Å². The number of methoxy groups -OCH3 is 1. The summed E-state index contributed by atoms with van der Waals surface area (Å²) >= 11 is 0. The summed E-state index contributed by atoms with van der Waals surface area (Å²) in [4.78, 5) is 0. The van der Waals surface area contributed by atoms with E-state index in [-0.39, 0.29) is 24.2 Å². The third-order valence-corrected chi connectivity index (χ3v) is 6.37. The Kier molecular flexibility index (Phi) is 1.85. The zero-order chi connectivity index (χ0) is 13.8. The summed E-state index contributed by atoms with van der Waals surface area (Å²) in [6.07, 6.45) is -0.245. The Balaban J connectivity index is 1.91. The highest BCUT2D eigenvalue weighted by Crippen LogP contribution is 2.84. The molecular formula is C14H17F3O2. The molecule has 3 fully saturated rings. The quantitative estimate of drug-likeness (QED) is 0.745. The molecule has 0 saturated heterocycles. The molecule has 0 heterocycles. The number of fused-ring (bicyclic) bond motifs is 1. The van der Waals surface area contributed by atoms with E-state index >= 15 is 0 Å². The van der Waals surface area contributed by atoms with Crippen molar-refractivity contribution in [3.63, 3.8) is 0 Å². The van der Waals surface area contributed by atoms with Crippen LogP contribution in [0.25, 0.3) is 0 Å². The van der Waals surface area contributed by atoms with Crippen LogP contribution in [0.5, 0.6) is 0 Å². The molecule has 0 aromatic rings. The maximum Gasteiger partial charge on any atom is 0.392 e. The summed E-state index contributed by atoms with van der Waals surface area (Å²) in [5.74, 6) is -1.56. The van der Waals surface area contributed by atoms with Gasteiger partial charge in [-0.1, -0.05) is 12.2 Å². The van der Waals surface area contributed by atoms with Crippen molar-refractivity contribution in [2.24, 2.45) is 29.1 Å². The predicted octanol–water partition coefficient (Wildman–Crippen LogP) is 2.53. The Morgan fingerprint density at radius 2 is 2.05 bits per heavy atom. The first-order valence-electron chi connectivity index (χ1n) is 6.75. The van der Waals surface area contributed by atoms with E-state index in [1.165, 1.54) is 7.11 Å². The smallest absolute Gasteiger partial charge is 0.390 e. The van der Waals surface area contributed by atoms with E-state index in [1.54, 1.807) is 13.0 Å². The Hall–Kier alpha value is -0.550. The molecule has 0 aromatic carbocycles. The molecular weight excluding hydrogens is 257 g/mol. The van der Waals surface area contributed by atoms with Crippen molar-refractivity contribution in [3.05, 3.63) is 12.2 Å². The minimum absolute atomic E-state index is 0.118. The van der Waals surface area contributed by atoms with E-state index < -0.39 is 28.7 Å². The Morgan fingerprint density at radius 3 is 2.63 bits per heavy atom. The van der Waals surface area contributed by atoms with Gasteiger partial charge in [0.1, 0.15) is 0 Å². The molecule has 0 radical (unpaired) electrons. The minimum Gasteiger partial charge on any atom is -0.390 e. The Labute approximate surface area is 109 Å². The summed E-state index contributed by atoms with van der Waals surface area (Å²) in [6.45, 7) is 1.56. The zero-order valence-electron chi connectivity index (χ0n) is 10.9. The highest BCUT2D eigenvalue weighted by Gasteiger charge is 2.89. The first-order chi connectivity index (χ1) is 8.72. The molecule has 2 nitrogen and oxygen atoms in total. The van der Waals surface area contributed by atoms with E-state index in [4.69, 9.17) is 4.74 Å². The maximum atomic E-state index is 13.5. The van der Waals surface area contributed by atoms with Crippen molar-refractivity contribution in [1.82, 2.24) is 0 Å². The summed E-state index contributed by atoms with van der Waals surface area (Å²) < 4.78 is 46.1. The topological polar surface area (TPSA) is 29.5 Å². The van der Waals surface area contributed by atoms with Gasteiger partial charge in [-0.3, -0.25) is 0 Å². The van der Waals surface area contributed by atoms with Gasteiger partial charge in [-0.25, -0.2) is 0 Å². The molecule has 0 bridgehead atoms. The van der Waals surface area contributed by atoms with Crippen LogP contribution >= 0.6 is 0 Å². The monoisotopic (exact) mass is 274 g/mol. The fraction of sp³-hybridized carbons (Fsp3) is 0.857. The van der Waals surface area contributed by atoms with E-state index in [0.717, 1.165) is 0 Å². The second-order valence-corrected chi connectivity index (χ2v) is 6.87. The molecule has 3 saturated carbocycles. The standard InChI is InChI=1S/C14H17F3O2/c1-11(18)6-10(14(15,16)17)12-4-3-7-8(5-9(11)12)13(7,12)19-2/h3-4,7-10,18H,5-6H2,1-2H3/t7?,8?,9?,10-,11+,12?,13+/m0/s1. The number of hydrogen-bond acceptors (Lipinski definition) is 2. The fourth-order valence-corrected chi connectivity index (χ4v) is 5.88. The molecule has 0 amide bonds. The number of halogens is 3. The summed E-state index contributed by atoms with van der Waals surface area (Å²) in [5, 5.41) is 10.5. The molecule has 106 valence electrons. The van der Waals surface area contributed by atoms with Crippen LogP contribution < -0.4 is 0 Å². The van der Waals surface area contributed by atoms with Crippen molar-refractivity contribution in [3.8, 4) is 0 Å². The fourth-order valence-electron chi connectivity index (χ4n) is 5.88. The normalized spacial score (nSPS) is 61.4. The van der Waals surface area contributed by atoms with Crippen molar-refractivity contribution in [1.29, 1.82) is 0 Å². The summed E-state index contributed by atoms with van der Waals surface area (Å²) in [5.41, 5.74) is -2.99. The van der Waals surface area contributed by atoms with Crippen molar-refractivity contribution in [2.75, 3.05) is 7.11 Å². The van der Waals surface area contributed by atoms with Crippen LogP contribution in [0.4, 0.5) is 13.2 Å². The van der Waals surface area contributed by atoms with Gasteiger partial charge in [-0.2, -0.15) is 13.2 Å². The average molecular weight is 274 g/mol. The molecule has 4 aliphatic carbocycles. The van der Waals surface area contributed by atoms with Gasteiger partial charge in [0.05, 0.1) is 17.1 Å². The molecule has 1 spiro atoms. The van der Waals surface area contributed by atoms with Gasteiger partial charge in [-0.05, 0) is 25.7 Å². The van der Waals surface area contributed by atoms with Gasteiger partial charge >= 0.3 is 6.18 Å². The number of rotatable bonds is 1. The number of alkyl halides is 3. The molecule has 4 unspecified atom stereocenters. The number of hydrogen-bond donors (Lipinski definition) is 1. The SMILES string of the molecule is CO[C@@]12C3C=CC14C(CC32)[C@](C)(O)C[C@@H]4C(F)(F)F. The molecule has 19 heavy (non-hydrogen) atoms. The molecule has 0 aromatic heterocycles. The molecule has 4 aliphatic rings. The van der Waals surface area contributed by atoms with Crippen molar-refractivity contribution in [2.45, 2.75) is 37.1 Å². The van der Waals surface area contributed by atoms with E-state index in [0.29, 0.717) is 6.42 Å². The molecule has 4 rings (SSSR count). The lowest BCUT2D eigenvalue weighted by atomic mass is 9.68. The lowest BCUT2D eigenvalue weighted by Crippen LogP contribution is -2.47. The molecule has 1 N–H and O–H groups in total. The summed E-state index contributed by atoms with van der Waals surface area (Å²) in [6, 6.07) is 0. The van der Waals surface area contributed by atoms with Crippen LogP contribution in [0, 0.1) is 29.1 Å². The van der Waals surface area contributed by atoms with Crippen LogP contribution in [0.2, 0.25) is 0 Å². The van der Waals surface area contributed by atoms with E-state index in [9.17, 15) is 18.3 Å². The average Bonchev–Trinajstić information content (AvgIpc) is 2.59. The number of aliphatic hydroxyl groups is 1. The maximum absolute atomic E-state index is 13.5. The molecule has 0 aliphatic heterocycles. The van der Waals surface area contributed by atoms with Gasteiger partial charge in [0, 0.05) is 24.4 Å².